The number of nitrogens with zero attached hydrogens (tertiary/aromatic N) is 5. The van der Waals surface area contributed by atoms with Gasteiger partial charge in [-0.05, 0) is 63.5 Å². The predicted molar refractivity (Wildman–Crippen MR) is 164 cm³/mol. The fourth-order valence-electron chi connectivity index (χ4n) is 5.57. The Kier molecular flexibility index (Phi) is 11.1. The Morgan fingerprint density at radius 2 is 2.08 bits per heavy atom. The Hall–Kier alpha value is -2.82. The number of amidine groups is 2. The number of allylic oxidation sites excluding steroid dienone is 4. The van der Waals surface area contributed by atoms with Crippen LogP contribution >= 0.6 is 11.8 Å². The summed E-state index contributed by atoms with van der Waals surface area (Å²) in [6.07, 6.45) is 15.3. The van der Waals surface area contributed by atoms with E-state index in [1.54, 1.807) is 6.20 Å². The Bertz CT molecular complexity index is 1110. The summed E-state index contributed by atoms with van der Waals surface area (Å²) in [5.41, 5.74) is 1.92. The monoisotopic (exact) mass is 566 g/mol. The summed E-state index contributed by atoms with van der Waals surface area (Å²) >= 11 is 1.37. The Labute approximate surface area is 242 Å². The first-order chi connectivity index (χ1) is 19.4. The van der Waals surface area contributed by atoms with Gasteiger partial charge in [0.1, 0.15) is 6.61 Å². The maximum atomic E-state index is 13.0. The third-order valence-corrected chi connectivity index (χ3v) is 8.82. The van der Waals surface area contributed by atoms with Gasteiger partial charge in [-0.15, -0.1) is 0 Å². The largest absolute Gasteiger partial charge is 0.370 e. The van der Waals surface area contributed by atoms with E-state index in [4.69, 9.17) is 4.74 Å². The third-order valence-electron chi connectivity index (χ3n) is 8.02. The molecule has 1 N–H and O–H groups in total. The summed E-state index contributed by atoms with van der Waals surface area (Å²) < 4.78 is 5.92. The van der Waals surface area contributed by atoms with Crippen molar-refractivity contribution in [3.63, 3.8) is 0 Å². The molecular weight excluding hydrogens is 524 g/mol. The highest BCUT2D eigenvalue weighted by molar-refractivity contribution is 8.17. The van der Waals surface area contributed by atoms with Gasteiger partial charge in [0.05, 0.1) is 12.6 Å². The molecule has 4 rings (SSSR count). The first-order valence-corrected chi connectivity index (χ1v) is 15.1. The SMILES string of the molecule is C=NC(COC1CCCC1)=N/C=C(C)/C1=C/C(=C)SC(NC(=O)C2CC(N3CCN(C=O)CC3C)C2)=NCC=C1. The standard InChI is InChI=1S/C30H42N6O3S/c1-21(17-33-28(31-4)19-39-27-9-5-6-10-27)24-8-7-11-32-30(40-23(3)14-24)34-29(38)25-15-26(16-25)36-13-12-35(20-37)18-22(36)2/h7-8,14,17,20,22,25-27H,3-6,9-13,15-16,18-19H2,1-2H3,(H,32,34,38)/b8-7?,21-17+,24-14+,33-28?. The Balaban J connectivity index is 1.28. The second-order valence-corrected chi connectivity index (χ2v) is 12.1. The van der Waals surface area contributed by atoms with Crippen molar-refractivity contribution in [3.05, 3.63) is 47.1 Å². The summed E-state index contributed by atoms with van der Waals surface area (Å²) in [6.45, 7) is 15.1. The number of carbonyl (C=O) groups is 2. The Morgan fingerprint density at radius 1 is 1.30 bits per heavy atom. The number of carbonyl (C=O) groups excluding carboxylic acids is 2. The molecule has 3 fully saturated rings. The lowest BCUT2D eigenvalue weighted by atomic mass is 9.78. The summed E-state index contributed by atoms with van der Waals surface area (Å²) in [5.74, 6) is 0.549. The minimum atomic E-state index is -0.0273. The van der Waals surface area contributed by atoms with Gasteiger partial charge in [0, 0.05) is 48.7 Å². The predicted octanol–water partition coefficient (Wildman–Crippen LogP) is 4.10. The van der Waals surface area contributed by atoms with Gasteiger partial charge < -0.3 is 15.0 Å². The molecule has 0 spiro atoms. The van der Waals surface area contributed by atoms with Crippen molar-refractivity contribution >= 4 is 41.8 Å². The quantitative estimate of drug-likeness (QED) is 0.271. The molecule has 2 aliphatic heterocycles. The number of piperazine rings is 1. The van der Waals surface area contributed by atoms with E-state index in [0.717, 1.165) is 67.8 Å². The van der Waals surface area contributed by atoms with Gasteiger partial charge in [0.15, 0.2) is 11.0 Å². The Morgan fingerprint density at radius 3 is 2.77 bits per heavy atom. The number of aliphatic imine (C=N–C) groups is 3. The lowest BCUT2D eigenvalue weighted by molar-refractivity contribution is -0.130. The third kappa shape index (κ3) is 8.34. The number of hydrogen-bond acceptors (Lipinski definition) is 7. The van der Waals surface area contributed by atoms with E-state index in [0.29, 0.717) is 42.3 Å². The molecule has 40 heavy (non-hydrogen) atoms. The normalized spacial score (nSPS) is 28.5. The fraction of sp³-hybridized carbons (Fsp3) is 0.567. The van der Waals surface area contributed by atoms with Crippen LogP contribution in [0.3, 0.4) is 0 Å². The summed E-state index contributed by atoms with van der Waals surface area (Å²) in [4.78, 5) is 42.2. The van der Waals surface area contributed by atoms with Crippen LogP contribution in [0.15, 0.2) is 62.0 Å². The van der Waals surface area contributed by atoms with Crippen LogP contribution in [0.25, 0.3) is 0 Å². The molecule has 0 aromatic heterocycles. The molecule has 0 aromatic rings. The van der Waals surface area contributed by atoms with Crippen LogP contribution in [0.4, 0.5) is 0 Å². The van der Waals surface area contributed by atoms with Crippen molar-refractivity contribution in [1.29, 1.82) is 0 Å². The highest BCUT2D eigenvalue weighted by atomic mass is 32.2. The molecule has 0 aromatic carbocycles. The molecule has 2 aliphatic carbocycles. The minimum absolute atomic E-state index is 0.0107. The van der Waals surface area contributed by atoms with E-state index in [-0.39, 0.29) is 11.8 Å². The summed E-state index contributed by atoms with van der Waals surface area (Å²) in [6, 6.07) is 0.702. The van der Waals surface area contributed by atoms with Gasteiger partial charge in [-0.2, -0.15) is 0 Å². The average Bonchev–Trinajstić information content (AvgIpc) is 3.45. The van der Waals surface area contributed by atoms with Crippen LogP contribution in [0.5, 0.6) is 0 Å². The van der Waals surface area contributed by atoms with Crippen molar-refractivity contribution in [2.75, 3.05) is 32.8 Å². The zero-order chi connectivity index (χ0) is 28.5. The molecule has 2 heterocycles. The lowest BCUT2D eigenvalue weighted by Crippen LogP contribution is -2.59. The molecule has 9 nitrogen and oxygen atoms in total. The molecule has 2 saturated carbocycles. The second kappa shape index (κ2) is 14.7. The van der Waals surface area contributed by atoms with Crippen molar-refractivity contribution in [1.82, 2.24) is 15.1 Å². The van der Waals surface area contributed by atoms with E-state index in [1.807, 2.05) is 30.1 Å². The van der Waals surface area contributed by atoms with E-state index >= 15 is 0 Å². The van der Waals surface area contributed by atoms with Gasteiger partial charge in [0.2, 0.25) is 12.3 Å². The first kappa shape index (κ1) is 30.1. The summed E-state index contributed by atoms with van der Waals surface area (Å²) in [5, 5.41) is 3.60. The van der Waals surface area contributed by atoms with Gasteiger partial charge in [-0.3, -0.25) is 19.5 Å². The van der Waals surface area contributed by atoms with Gasteiger partial charge in [-0.1, -0.05) is 43.3 Å². The number of hydrogen-bond donors (Lipinski definition) is 1. The lowest BCUT2D eigenvalue weighted by Gasteiger charge is -2.48. The molecule has 10 heteroatoms. The average molecular weight is 567 g/mol. The van der Waals surface area contributed by atoms with Crippen LogP contribution in [0.1, 0.15) is 52.4 Å². The topological polar surface area (TPSA) is 99.0 Å². The van der Waals surface area contributed by atoms with Crippen LogP contribution in [-0.2, 0) is 14.3 Å². The molecule has 1 saturated heterocycles. The zero-order valence-corrected chi connectivity index (χ0v) is 24.6. The van der Waals surface area contributed by atoms with Crippen molar-refractivity contribution in [2.24, 2.45) is 20.9 Å². The molecule has 1 unspecified atom stereocenters. The highest BCUT2D eigenvalue weighted by Crippen LogP contribution is 2.34. The van der Waals surface area contributed by atoms with Crippen LogP contribution in [-0.4, -0.2) is 90.8 Å². The molecule has 1 atom stereocenters. The number of nitrogens with one attached hydrogen (secondary N) is 1. The van der Waals surface area contributed by atoms with Crippen molar-refractivity contribution in [3.8, 4) is 0 Å². The van der Waals surface area contributed by atoms with Gasteiger partial charge >= 0.3 is 0 Å². The summed E-state index contributed by atoms with van der Waals surface area (Å²) in [7, 11) is 0. The molecule has 0 radical (unpaired) electrons. The van der Waals surface area contributed by atoms with Crippen molar-refractivity contribution < 1.29 is 14.3 Å². The number of ether oxygens (including phenoxy) is 1. The van der Waals surface area contributed by atoms with Crippen LogP contribution in [0, 0.1) is 5.92 Å². The maximum absolute atomic E-state index is 13.0. The minimum Gasteiger partial charge on any atom is -0.370 e. The van der Waals surface area contributed by atoms with Crippen molar-refractivity contribution in [2.45, 2.75) is 70.6 Å². The number of rotatable bonds is 8. The highest BCUT2D eigenvalue weighted by Gasteiger charge is 2.41. The molecule has 216 valence electrons. The van der Waals surface area contributed by atoms with E-state index in [9.17, 15) is 9.59 Å². The zero-order valence-electron chi connectivity index (χ0n) is 23.8. The first-order valence-electron chi connectivity index (χ1n) is 14.2. The second-order valence-electron chi connectivity index (χ2n) is 10.9. The maximum Gasteiger partial charge on any atom is 0.229 e. The number of thioether (sulfide) groups is 1. The van der Waals surface area contributed by atoms with E-state index < -0.39 is 0 Å². The number of amides is 2. The van der Waals surface area contributed by atoms with Crippen LogP contribution < -0.4 is 5.32 Å². The fourth-order valence-corrected chi connectivity index (χ4v) is 6.29. The molecular formula is C30H42N6O3S. The van der Waals surface area contributed by atoms with Crippen LogP contribution in [0.2, 0.25) is 0 Å². The van der Waals surface area contributed by atoms with Gasteiger partial charge in [0.25, 0.3) is 0 Å². The smallest absolute Gasteiger partial charge is 0.229 e. The molecule has 4 aliphatic rings. The van der Waals surface area contributed by atoms with E-state index in [1.165, 1.54) is 24.6 Å². The molecule has 0 bridgehead atoms. The molecule has 2 amide bonds. The van der Waals surface area contributed by atoms with Gasteiger partial charge in [-0.25, -0.2) is 9.98 Å². The van der Waals surface area contributed by atoms with E-state index in [2.05, 4.69) is 45.4 Å².